The number of nitrogens with one attached hydrogen (secondary N) is 3. The molecule has 4 rings (SSSR count). The molecule has 3 aromatic rings. The predicted octanol–water partition coefficient (Wildman–Crippen LogP) is 4.53. The fourth-order valence-corrected chi connectivity index (χ4v) is 4.15. The molecule has 3 aromatic carbocycles. The minimum Gasteiger partial charge on any atom is -0.629 e. The molecule has 1 heterocycles. The van der Waals surface area contributed by atoms with Gasteiger partial charge < -0.3 is 20.9 Å². The Labute approximate surface area is 179 Å². The van der Waals surface area contributed by atoms with Crippen molar-refractivity contribution in [2.45, 2.75) is 32.9 Å². The third-order valence-electron chi connectivity index (χ3n) is 5.91. The Hall–Kier alpha value is -3.29. The van der Waals surface area contributed by atoms with E-state index < -0.39 is 29.7 Å². The van der Waals surface area contributed by atoms with Gasteiger partial charge in [-0.25, -0.2) is 13.6 Å². The molecule has 0 spiro atoms. The summed E-state index contributed by atoms with van der Waals surface area (Å²) in [7, 11) is 0. The summed E-state index contributed by atoms with van der Waals surface area (Å²) < 4.78 is 27.1. The molecule has 0 saturated heterocycles. The highest BCUT2D eigenvalue weighted by molar-refractivity contribution is 5.90. The summed E-state index contributed by atoms with van der Waals surface area (Å²) in [6.07, 6.45) is 0. The molecule has 5 nitrogen and oxygen atoms in total. The number of aryl methyl sites for hydroxylation is 1. The molecule has 0 fully saturated rings. The molecule has 31 heavy (non-hydrogen) atoms. The summed E-state index contributed by atoms with van der Waals surface area (Å²) in [5.41, 5.74) is 4.97. The number of hydroxylamine groups is 1. The van der Waals surface area contributed by atoms with Gasteiger partial charge in [0.2, 0.25) is 0 Å². The number of carbonyl (C=O) groups is 1. The standard InChI is InChI=1S/C24H23F2N3O2/c1-13-11-18(16-7-5-4-6-8-16)21-22(15(3)29(31)23(21)14(13)2)28-24(30)27-20-10-9-17(25)12-19(20)26/h4-12,15,22,29H,1-3H3,(H2,27,28,30). The van der Waals surface area contributed by atoms with Crippen LogP contribution in [0.5, 0.6) is 0 Å². The average Bonchev–Trinajstić information content (AvgIpc) is 2.98. The molecule has 3 atom stereocenters. The van der Waals surface area contributed by atoms with E-state index in [2.05, 4.69) is 10.6 Å². The van der Waals surface area contributed by atoms with Crippen LogP contribution < -0.4 is 15.7 Å². The number of anilines is 1. The highest BCUT2D eigenvalue weighted by Gasteiger charge is 2.41. The van der Waals surface area contributed by atoms with E-state index in [4.69, 9.17) is 0 Å². The van der Waals surface area contributed by atoms with Crippen molar-refractivity contribution in [2.75, 3.05) is 5.32 Å². The van der Waals surface area contributed by atoms with Crippen molar-refractivity contribution in [3.05, 3.63) is 88.1 Å². The molecule has 160 valence electrons. The second kappa shape index (κ2) is 8.09. The van der Waals surface area contributed by atoms with Crippen molar-refractivity contribution in [3.8, 4) is 11.1 Å². The van der Waals surface area contributed by atoms with Crippen LogP contribution in [0, 0.1) is 30.7 Å². The number of amides is 2. The second-order valence-electron chi connectivity index (χ2n) is 7.87. The van der Waals surface area contributed by atoms with Crippen LogP contribution in [-0.2, 0) is 0 Å². The smallest absolute Gasteiger partial charge is 0.320 e. The Kier molecular flexibility index (Phi) is 5.47. The van der Waals surface area contributed by atoms with Gasteiger partial charge in [-0.1, -0.05) is 36.4 Å². The molecule has 2 amide bonds. The van der Waals surface area contributed by atoms with Gasteiger partial charge in [0.05, 0.1) is 5.69 Å². The van der Waals surface area contributed by atoms with Gasteiger partial charge in [-0.3, -0.25) is 0 Å². The van der Waals surface area contributed by atoms with Crippen LogP contribution in [0.4, 0.5) is 25.0 Å². The van der Waals surface area contributed by atoms with Crippen molar-refractivity contribution in [1.82, 2.24) is 5.32 Å². The lowest BCUT2D eigenvalue weighted by Gasteiger charge is -2.25. The zero-order chi connectivity index (χ0) is 22.3. The zero-order valence-corrected chi connectivity index (χ0v) is 17.4. The van der Waals surface area contributed by atoms with Gasteiger partial charge in [0.25, 0.3) is 0 Å². The van der Waals surface area contributed by atoms with Gasteiger partial charge in [0, 0.05) is 17.2 Å². The molecule has 0 saturated carbocycles. The molecular weight excluding hydrogens is 400 g/mol. The molecular formula is C24H23F2N3O2. The Balaban J connectivity index is 1.72. The van der Waals surface area contributed by atoms with Crippen molar-refractivity contribution in [1.29, 1.82) is 0 Å². The highest BCUT2D eigenvalue weighted by atomic mass is 19.1. The van der Waals surface area contributed by atoms with Crippen LogP contribution in [0.15, 0.2) is 54.6 Å². The Morgan fingerprint density at radius 1 is 1.06 bits per heavy atom. The summed E-state index contributed by atoms with van der Waals surface area (Å²) in [4.78, 5) is 12.7. The molecule has 0 bridgehead atoms. The molecule has 3 unspecified atom stereocenters. The molecule has 0 radical (unpaired) electrons. The number of fused-ring (bicyclic) bond motifs is 1. The molecule has 0 aliphatic carbocycles. The third-order valence-corrected chi connectivity index (χ3v) is 5.91. The molecule has 1 aliphatic rings. The Morgan fingerprint density at radius 2 is 1.77 bits per heavy atom. The number of urea groups is 1. The predicted molar refractivity (Wildman–Crippen MR) is 116 cm³/mol. The van der Waals surface area contributed by atoms with Crippen LogP contribution in [0.2, 0.25) is 0 Å². The summed E-state index contributed by atoms with van der Waals surface area (Å²) >= 11 is 0. The lowest BCUT2D eigenvalue weighted by atomic mass is 9.90. The number of quaternary nitrogens is 1. The number of halogens is 2. The molecule has 3 N–H and O–H groups in total. The quantitative estimate of drug-likeness (QED) is 0.542. The van der Waals surface area contributed by atoms with Crippen molar-refractivity contribution < 1.29 is 18.6 Å². The Morgan fingerprint density at radius 3 is 2.45 bits per heavy atom. The first-order valence-electron chi connectivity index (χ1n) is 10.0. The van der Waals surface area contributed by atoms with Gasteiger partial charge in [0.1, 0.15) is 29.4 Å². The van der Waals surface area contributed by atoms with Crippen molar-refractivity contribution in [3.63, 3.8) is 0 Å². The number of benzene rings is 3. The highest BCUT2D eigenvalue weighted by Crippen LogP contribution is 2.40. The first-order chi connectivity index (χ1) is 14.8. The fourth-order valence-electron chi connectivity index (χ4n) is 4.15. The van der Waals surface area contributed by atoms with Crippen LogP contribution in [0.25, 0.3) is 11.1 Å². The first-order valence-corrected chi connectivity index (χ1v) is 10.0. The molecule has 0 aromatic heterocycles. The number of rotatable bonds is 3. The van der Waals surface area contributed by atoms with Gasteiger partial charge in [-0.2, -0.15) is 0 Å². The third kappa shape index (κ3) is 3.78. The minimum atomic E-state index is -0.873. The van der Waals surface area contributed by atoms with E-state index >= 15 is 0 Å². The van der Waals surface area contributed by atoms with Crippen LogP contribution in [0.3, 0.4) is 0 Å². The summed E-state index contributed by atoms with van der Waals surface area (Å²) in [5.74, 6) is -1.60. The van der Waals surface area contributed by atoms with Gasteiger partial charge >= 0.3 is 6.03 Å². The summed E-state index contributed by atoms with van der Waals surface area (Å²) in [6, 6.07) is 12.9. The maximum absolute atomic E-state index is 13.9. The Bertz CT molecular complexity index is 1150. The largest absolute Gasteiger partial charge is 0.629 e. The topological polar surface area (TPSA) is 68.6 Å². The van der Waals surface area contributed by atoms with Crippen LogP contribution in [0.1, 0.15) is 29.7 Å². The second-order valence-corrected chi connectivity index (χ2v) is 7.87. The van der Waals surface area contributed by atoms with E-state index in [-0.39, 0.29) is 10.8 Å². The molecule has 7 heteroatoms. The van der Waals surface area contributed by atoms with E-state index in [1.807, 2.05) is 50.2 Å². The number of hydrogen-bond donors (Lipinski definition) is 3. The monoisotopic (exact) mass is 423 g/mol. The SMILES string of the molecule is Cc1cc(-c2ccccc2)c2c(c1C)[NH+]([O-])C(C)C2NC(=O)Nc1ccc(F)cc1F. The lowest BCUT2D eigenvalue weighted by molar-refractivity contribution is -0.799. The average molecular weight is 423 g/mol. The van der Waals surface area contributed by atoms with Gasteiger partial charge in [0.15, 0.2) is 0 Å². The zero-order valence-electron chi connectivity index (χ0n) is 17.4. The normalized spacial score (nSPS) is 19.7. The van der Waals surface area contributed by atoms with E-state index in [1.165, 1.54) is 0 Å². The number of hydrogen-bond acceptors (Lipinski definition) is 2. The van der Waals surface area contributed by atoms with Gasteiger partial charge in [-0.05, 0) is 49.6 Å². The fraction of sp³-hybridized carbons (Fsp3) is 0.208. The lowest BCUT2D eigenvalue weighted by Crippen LogP contribution is -3.05. The summed E-state index contributed by atoms with van der Waals surface area (Å²) in [6.45, 7) is 5.64. The summed E-state index contributed by atoms with van der Waals surface area (Å²) in [5, 5.41) is 18.3. The van der Waals surface area contributed by atoms with Crippen LogP contribution >= 0.6 is 0 Å². The van der Waals surface area contributed by atoms with E-state index in [0.29, 0.717) is 11.8 Å². The molecule has 1 aliphatic heterocycles. The van der Waals surface area contributed by atoms with E-state index in [0.717, 1.165) is 39.9 Å². The maximum Gasteiger partial charge on any atom is 0.320 e. The van der Waals surface area contributed by atoms with Crippen molar-refractivity contribution >= 4 is 17.4 Å². The van der Waals surface area contributed by atoms with Crippen LogP contribution in [-0.4, -0.2) is 12.1 Å². The van der Waals surface area contributed by atoms with E-state index in [9.17, 15) is 18.8 Å². The van der Waals surface area contributed by atoms with Gasteiger partial charge in [-0.15, -0.1) is 0 Å². The van der Waals surface area contributed by atoms with E-state index in [1.54, 1.807) is 6.92 Å². The first kappa shape index (κ1) is 21.0. The number of carbonyl (C=O) groups excluding carboxylic acids is 1. The van der Waals surface area contributed by atoms with Crippen molar-refractivity contribution in [2.24, 2.45) is 0 Å². The minimum absolute atomic E-state index is 0.0355. The maximum atomic E-state index is 13.9.